The second-order valence-corrected chi connectivity index (χ2v) is 3.46. The van der Waals surface area contributed by atoms with Crippen molar-refractivity contribution in [3.05, 3.63) is 24.3 Å². The Hall–Kier alpha value is -1.26. The van der Waals surface area contributed by atoms with E-state index in [0.29, 0.717) is 13.2 Å². The van der Waals surface area contributed by atoms with Crippen LogP contribution in [-0.4, -0.2) is 30.7 Å². The summed E-state index contributed by atoms with van der Waals surface area (Å²) in [6.45, 7) is 2.90. The molecule has 0 amide bonds. The number of benzene rings is 1. The highest BCUT2D eigenvalue weighted by Gasteiger charge is 2.22. The molecule has 0 spiro atoms. The number of hydrogen-bond donors (Lipinski definition) is 1. The Bertz CT molecular complexity index is 309. The summed E-state index contributed by atoms with van der Waals surface area (Å²) in [6.07, 6.45) is -0.146. The molecule has 82 valence electrons. The average Bonchev–Trinajstić information content (AvgIpc) is 2.64. The highest BCUT2D eigenvalue weighted by molar-refractivity contribution is 5.30. The average molecular weight is 210 g/mol. The van der Waals surface area contributed by atoms with Gasteiger partial charge in [-0.25, -0.2) is 0 Å². The monoisotopic (exact) mass is 210 g/mol. The molecule has 1 aromatic carbocycles. The maximum atomic E-state index is 9.07. The predicted octanol–water partition coefficient (Wildman–Crippen LogP) is 1.53. The molecule has 0 radical (unpaired) electrons. The van der Waals surface area contributed by atoms with Crippen LogP contribution in [0.25, 0.3) is 0 Å². The molecule has 1 heterocycles. The number of rotatable bonds is 3. The van der Waals surface area contributed by atoms with E-state index in [0.717, 1.165) is 5.75 Å². The van der Waals surface area contributed by atoms with Gasteiger partial charge in [0.25, 0.3) is 0 Å². The number of hydrogen-bond acceptors (Lipinski definition) is 4. The zero-order valence-electron chi connectivity index (χ0n) is 8.55. The first-order valence-corrected chi connectivity index (χ1v) is 4.93. The summed E-state index contributed by atoms with van der Waals surface area (Å²) >= 11 is 0. The Kier molecular flexibility index (Phi) is 3.08. The van der Waals surface area contributed by atoms with Gasteiger partial charge in [-0.1, -0.05) is 0 Å². The van der Waals surface area contributed by atoms with Crippen molar-refractivity contribution in [3.8, 4) is 11.5 Å². The maximum Gasteiger partial charge on any atom is 0.155 e. The van der Waals surface area contributed by atoms with E-state index in [9.17, 15) is 0 Å². The van der Waals surface area contributed by atoms with Gasteiger partial charge < -0.3 is 19.3 Å². The van der Waals surface area contributed by atoms with Crippen LogP contribution in [0.15, 0.2) is 24.3 Å². The largest absolute Gasteiger partial charge is 0.508 e. The molecule has 4 heteroatoms. The van der Waals surface area contributed by atoms with Crippen LogP contribution in [0.2, 0.25) is 0 Å². The van der Waals surface area contributed by atoms with Crippen molar-refractivity contribution < 1.29 is 19.3 Å². The molecule has 1 saturated heterocycles. The van der Waals surface area contributed by atoms with Crippen molar-refractivity contribution >= 4 is 0 Å². The van der Waals surface area contributed by atoms with E-state index in [1.54, 1.807) is 24.3 Å². The fraction of sp³-hybridized carbons (Fsp3) is 0.455. The van der Waals surface area contributed by atoms with Gasteiger partial charge in [0.2, 0.25) is 0 Å². The molecule has 0 aromatic heterocycles. The lowest BCUT2D eigenvalue weighted by atomic mass is 10.3. The van der Waals surface area contributed by atoms with Gasteiger partial charge in [0.1, 0.15) is 24.2 Å². The third-order valence-corrected chi connectivity index (χ3v) is 2.17. The smallest absolute Gasteiger partial charge is 0.155 e. The summed E-state index contributed by atoms with van der Waals surface area (Å²) in [6, 6.07) is 6.61. The molecule has 1 aliphatic heterocycles. The van der Waals surface area contributed by atoms with Gasteiger partial charge >= 0.3 is 0 Å². The first kappa shape index (κ1) is 10.3. The van der Waals surface area contributed by atoms with E-state index in [1.165, 1.54) is 0 Å². The second kappa shape index (κ2) is 4.51. The fourth-order valence-electron chi connectivity index (χ4n) is 1.41. The van der Waals surface area contributed by atoms with Crippen LogP contribution in [0.1, 0.15) is 6.92 Å². The first-order chi connectivity index (χ1) is 7.24. The van der Waals surface area contributed by atoms with Crippen molar-refractivity contribution in [1.29, 1.82) is 0 Å². The van der Waals surface area contributed by atoms with E-state index in [-0.39, 0.29) is 18.1 Å². The molecule has 1 aromatic rings. The normalized spacial score (nSPS) is 25.4. The van der Waals surface area contributed by atoms with Gasteiger partial charge in [-0.2, -0.15) is 0 Å². The van der Waals surface area contributed by atoms with Crippen molar-refractivity contribution in [2.45, 2.75) is 19.3 Å². The molecular formula is C11H14O4. The van der Waals surface area contributed by atoms with E-state index in [1.807, 2.05) is 6.92 Å². The zero-order valence-corrected chi connectivity index (χ0v) is 8.55. The molecule has 1 unspecified atom stereocenters. The molecule has 1 aliphatic rings. The summed E-state index contributed by atoms with van der Waals surface area (Å²) in [7, 11) is 0. The lowest BCUT2D eigenvalue weighted by Gasteiger charge is -2.10. The Balaban J connectivity index is 1.80. The van der Waals surface area contributed by atoms with Crippen LogP contribution >= 0.6 is 0 Å². The van der Waals surface area contributed by atoms with Gasteiger partial charge in [-0.05, 0) is 31.2 Å². The predicted molar refractivity (Wildman–Crippen MR) is 53.9 cm³/mol. The Morgan fingerprint density at radius 3 is 2.73 bits per heavy atom. The van der Waals surface area contributed by atoms with Gasteiger partial charge in [0, 0.05) is 0 Å². The fourth-order valence-corrected chi connectivity index (χ4v) is 1.41. The maximum absolute atomic E-state index is 9.07. The van der Waals surface area contributed by atoms with Crippen LogP contribution < -0.4 is 4.74 Å². The standard InChI is InChI=1S/C11H14O4/c1-8-13-6-11(15-8)7-14-10-4-2-9(12)3-5-10/h2-5,8,11-12H,6-7H2,1H3/t8?,11-/m1/s1. The zero-order chi connectivity index (χ0) is 10.7. The van der Waals surface area contributed by atoms with Crippen LogP contribution in [0, 0.1) is 0 Å². The summed E-state index contributed by atoms with van der Waals surface area (Å²) in [5.74, 6) is 0.951. The number of phenols is 1. The summed E-state index contributed by atoms with van der Waals surface area (Å²) < 4.78 is 16.1. The second-order valence-electron chi connectivity index (χ2n) is 3.46. The quantitative estimate of drug-likeness (QED) is 0.822. The molecule has 1 fully saturated rings. The Morgan fingerprint density at radius 1 is 1.40 bits per heavy atom. The van der Waals surface area contributed by atoms with E-state index >= 15 is 0 Å². The molecule has 15 heavy (non-hydrogen) atoms. The Labute approximate surface area is 88.4 Å². The summed E-state index contributed by atoms with van der Waals surface area (Å²) in [4.78, 5) is 0. The minimum Gasteiger partial charge on any atom is -0.508 e. The minimum absolute atomic E-state index is 0.00574. The molecule has 4 nitrogen and oxygen atoms in total. The Morgan fingerprint density at radius 2 is 2.13 bits per heavy atom. The number of ether oxygens (including phenoxy) is 3. The highest BCUT2D eigenvalue weighted by atomic mass is 16.7. The summed E-state index contributed by atoms with van der Waals surface area (Å²) in [5.41, 5.74) is 0. The SMILES string of the molecule is CC1OC[C@H](COc2ccc(O)cc2)O1. The van der Waals surface area contributed by atoms with Crippen LogP contribution in [0.3, 0.4) is 0 Å². The van der Waals surface area contributed by atoms with Gasteiger partial charge in [0.05, 0.1) is 6.61 Å². The molecule has 0 saturated carbocycles. The first-order valence-electron chi connectivity index (χ1n) is 4.93. The van der Waals surface area contributed by atoms with E-state index < -0.39 is 0 Å². The van der Waals surface area contributed by atoms with Crippen molar-refractivity contribution in [2.75, 3.05) is 13.2 Å². The van der Waals surface area contributed by atoms with E-state index in [4.69, 9.17) is 19.3 Å². The van der Waals surface area contributed by atoms with Crippen molar-refractivity contribution in [3.63, 3.8) is 0 Å². The topological polar surface area (TPSA) is 47.9 Å². The summed E-state index contributed by atoms with van der Waals surface area (Å²) in [5, 5.41) is 9.07. The lowest BCUT2D eigenvalue weighted by Crippen LogP contribution is -2.20. The molecular weight excluding hydrogens is 196 g/mol. The molecule has 2 atom stereocenters. The molecule has 2 rings (SSSR count). The highest BCUT2D eigenvalue weighted by Crippen LogP contribution is 2.17. The van der Waals surface area contributed by atoms with Gasteiger partial charge in [0.15, 0.2) is 6.29 Å². The van der Waals surface area contributed by atoms with Crippen molar-refractivity contribution in [1.82, 2.24) is 0 Å². The number of aromatic hydroxyl groups is 1. The lowest BCUT2D eigenvalue weighted by molar-refractivity contribution is -0.0486. The van der Waals surface area contributed by atoms with Gasteiger partial charge in [-0.3, -0.25) is 0 Å². The van der Waals surface area contributed by atoms with Gasteiger partial charge in [-0.15, -0.1) is 0 Å². The third kappa shape index (κ3) is 2.84. The third-order valence-electron chi connectivity index (χ3n) is 2.17. The van der Waals surface area contributed by atoms with E-state index in [2.05, 4.69) is 0 Å². The van der Waals surface area contributed by atoms with Crippen LogP contribution in [-0.2, 0) is 9.47 Å². The van der Waals surface area contributed by atoms with Crippen LogP contribution in [0.5, 0.6) is 11.5 Å². The molecule has 1 N–H and O–H groups in total. The molecule has 0 aliphatic carbocycles. The number of phenolic OH excluding ortho intramolecular Hbond substituents is 1. The minimum atomic E-state index is -0.140. The van der Waals surface area contributed by atoms with Crippen LogP contribution in [0.4, 0.5) is 0 Å². The molecule has 0 bridgehead atoms. The van der Waals surface area contributed by atoms with Crippen molar-refractivity contribution in [2.24, 2.45) is 0 Å².